The summed E-state index contributed by atoms with van der Waals surface area (Å²) in [6.07, 6.45) is 1.63. The number of nitrogens with one attached hydrogen (secondary N) is 1. The van der Waals surface area contributed by atoms with Crippen molar-refractivity contribution in [3.8, 4) is 23.3 Å². The lowest BCUT2D eigenvalue weighted by Crippen LogP contribution is -2.38. The van der Waals surface area contributed by atoms with E-state index < -0.39 is 5.92 Å². The number of fused-ring (bicyclic) bond motifs is 1. The molecule has 208 valence electrons. The van der Waals surface area contributed by atoms with Crippen LogP contribution in [0.4, 0.5) is 10.8 Å². The molecule has 3 aromatic rings. The second-order valence-corrected chi connectivity index (χ2v) is 11.5. The van der Waals surface area contributed by atoms with Gasteiger partial charge in [0.1, 0.15) is 11.6 Å². The van der Waals surface area contributed by atoms with Crippen molar-refractivity contribution in [2.24, 2.45) is 5.73 Å². The maximum atomic E-state index is 13.4. The van der Waals surface area contributed by atoms with Gasteiger partial charge < -0.3 is 25.3 Å². The number of carbonyl (C=O) groups excluding carboxylic acids is 2. The van der Waals surface area contributed by atoms with E-state index in [1.807, 2.05) is 18.2 Å². The highest BCUT2D eigenvalue weighted by Gasteiger charge is 2.42. The number of allylic oxidation sites excluding steroid dienone is 3. The smallest absolute Gasteiger partial charge is 0.234 e. The van der Waals surface area contributed by atoms with Crippen molar-refractivity contribution in [3.05, 3.63) is 70.7 Å². The molecular weight excluding hydrogens is 564 g/mol. The average Bonchev–Trinajstić information content (AvgIpc) is 3.65. The van der Waals surface area contributed by atoms with Gasteiger partial charge in [0.05, 0.1) is 30.4 Å². The van der Waals surface area contributed by atoms with Crippen molar-refractivity contribution in [1.29, 1.82) is 5.26 Å². The van der Waals surface area contributed by atoms with E-state index >= 15 is 0 Å². The zero-order valence-corrected chi connectivity index (χ0v) is 23.5. The lowest BCUT2D eigenvalue weighted by Gasteiger charge is -2.38. The fraction of sp³-hybridized carbons (Fsp3) is 0.250. The first-order chi connectivity index (χ1) is 20.0. The third kappa shape index (κ3) is 4.96. The van der Waals surface area contributed by atoms with Crippen LogP contribution < -0.4 is 30.2 Å². The summed E-state index contributed by atoms with van der Waals surface area (Å²) in [6.45, 7) is 0.155. The number of nitrogens with two attached hydrogens (primary N) is 1. The van der Waals surface area contributed by atoms with Crippen LogP contribution in [0.15, 0.2) is 69.5 Å². The van der Waals surface area contributed by atoms with E-state index in [2.05, 4.69) is 21.6 Å². The first-order valence-electron chi connectivity index (χ1n) is 12.7. The molecule has 3 N–H and O–H groups in total. The van der Waals surface area contributed by atoms with Crippen LogP contribution in [0.2, 0.25) is 0 Å². The third-order valence-electron chi connectivity index (χ3n) is 6.93. The number of nitriles is 1. The minimum atomic E-state index is -0.642. The zero-order valence-electron chi connectivity index (χ0n) is 21.9. The Labute approximate surface area is 243 Å². The number of aromatic nitrogens is 2. The highest BCUT2D eigenvalue weighted by Crippen LogP contribution is 2.48. The van der Waals surface area contributed by atoms with Crippen LogP contribution in [0.1, 0.15) is 30.7 Å². The third-order valence-corrected chi connectivity index (χ3v) is 8.98. The molecule has 13 heteroatoms. The number of nitrogens with zero attached hydrogens (tertiary/aromatic N) is 4. The van der Waals surface area contributed by atoms with Gasteiger partial charge in [-0.05, 0) is 31.0 Å². The Hall–Kier alpha value is -4.54. The maximum absolute atomic E-state index is 13.4. The van der Waals surface area contributed by atoms with E-state index in [0.29, 0.717) is 68.5 Å². The van der Waals surface area contributed by atoms with Crippen LogP contribution in [0.25, 0.3) is 0 Å². The molecule has 41 heavy (non-hydrogen) atoms. The number of benzene rings is 2. The summed E-state index contributed by atoms with van der Waals surface area (Å²) < 4.78 is 16.8. The van der Waals surface area contributed by atoms with Crippen LogP contribution in [-0.4, -0.2) is 41.5 Å². The predicted molar refractivity (Wildman–Crippen MR) is 153 cm³/mol. The minimum Gasteiger partial charge on any atom is -0.496 e. The molecule has 11 nitrogen and oxygen atoms in total. The molecule has 2 aromatic carbocycles. The van der Waals surface area contributed by atoms with Gasteiger partial charge in [-0.15, -0.1) is 10.2 Å². The van der Waals surface area contributed by atoms with Gasteiger partial charge in [0.25, 0.3) is 0 Å². The number of hydrogen-bond donors (Lipinski definition) is 2. The van der Waals surface area contributed by atoms with Gasteiger partial charge in [-0.3, -0.25) is 14.5 Å². The number of carbonyl (C=O) groups is 2. The SMILES string of the molecule is COc1ccccc1C1C(C#N)=C(N)N(c2nnc(SCC(=O)Nc3ccc4c(c3)OCO4)s2)C2=C1C(=O)CCC2. The van der Waals surface area contributed by atoms with E-state index in [1.54, 1.807) is 36.3 Å². The first-order valence-corrected chi connectivity index (χ1v) is 14.5. The normalized spacial score (nSPS) is 17.8. The van der Waals surface area contributed by atoms with Gasteiger partial charge in [0, 0.05) is 35.0 Å². The topological polar surface area (TPSA) is 153 Å². The highest BCUT2D eigenvalue weighted by atomic mass is 32.2. The number of Topliss-reactive ketones (excluding diaryl/α,β-unsaturated/α-hetero) is 1. The van der Waals surface area contributed by atoms with Crippen LogP contribution in [0.5, 0.6) is 17.2 Å². The summed E-state index contributed by atoms with van der Waals surface area (Å²) in [7, 11) is 1.56. The van der Waals surface area contributed by atoms with Gasteiger partial charge in [0.2, 0.25) is 17.8 Å². The molecule has 1 unspecified atom stereocenters. The standard InChI is InChI=1S/C28H24N6O5S2/c1-37-20-8-3-2-5-16(20)24-17(12-29)26(30)34(18-6-4-7-19(35)25(18)24)27-32-33-28(41-27)40-13-23(36)31-15-9-10-21-22(11-15)39-14-38-21/h2-3,5,8-11,24H,4,6-7,13-14,30H2,1H3,(H,31,36). The lowest BCUT2D eigenvalue weighted by molar-refractivity contribution is -0.116. The van der Waals surface area contributed by atoms with Gasteiger partial charge in [-0.2, -0.15) is 5.26 Å². The van der Waals surface area contributed by atoms with Gasteiger partial charge in [-0.1, -0.05) is 41.3 Å². The quantitative estimate of drug-likeness (QED) is 0.380. The van der Waals surface area contributed by atoms with Crippen LogP contribution in [0, 0.1) is 11.3 Å². The Morgan fingerprint density at radius 2 is 2.07 bits per heavy atom. The van der Waals surface area contributed by atoms with Crippen LogP contribution in [0.3, 0.4) is 0 Å². The average molecular weight is 589 g/mol. The molecule has 0 bridgehead atoms. The second kappa shape index (κ2) is 11.1. The largest absolute Gasteiger partial charge is 0.496 e. The minimum absolute atomic E-state index is 0.0355. The molecule has 1 aromatic heterocycles. The van der Waals surface area contributed by atoms with Crippen LogP contribution in [-0.2, 0) is 9.59 Å². The van der Waals surface area contributed by atoms with E-state index in [9.17, 15) is 14.9 Å². The first kappa shape index (κ1) is 26.7. The number of para-hydroxylation sites is 1. The number of ether oxygens (including phenoxy) is 3. The van der Waals surface area contributed by atoms with Gasteiger partial charge >= 0.3 is 0 Å². The summed E-state index contributed by atoms with van der Waals surface area (Å²) >= 11 is 2.47. The summed E-state index contributed by atoms with van der Waals surface area (Å²) in [5.41, 5.74) is 9.43. The van der Waals surface area contributed by atoms with Gasteiger partial charge in [-0.25, -0.2) is 0 Å². The van der Waals surface area contributed by atoms with Gasteiger partial charge in [0.15, 0.2) is 21.6 Å². The molecule has 0 radical (unpaired) electrons. The summed E-state index contributed by atoms with van der Waals surface area (Å²) in [5, 5.41) is 22.1. The van der Waals surface area contributed by atoms with Crippen molar-refractivity contribution >= 4 is 45.6 Å². The maximum Gasteiger partial charge on any atom is 0.234 e. The Morgan fingerprint density at radius 1 is 1.24 bits per heavy atom. The number of methoxy groups -OCH3 is 1. The highest BCUT2D eigenvalue weighted by molar-refractivity contribution is 8.01. The molecule has 0 saturated heterocycles. The Kier molecular flexibility index (Phi) is 7.25. The number of thioether (sulfide) groups is 1. The summed E-state index contributed by atoms with van der Waals surface area (Å²) in [4.78, 5) is 27.6. The van der Waals surface area contributed by atoms with E-state index in [-0.39, 0.29) is 35.6 Å². The van der Waals surface area contributed by atoms with E-state index in [4.69, 9.17) is 19.9 Å². The number of hydrogen-bond acceptors (Lipinski definition) is 12. The fourth-order valence-corrected chi connectivity index (χ4v) is 6.85. The monoisotopic (exact) mass is 588 g/mol. The number of ketones is 1. The lowest BCUT2D eigenvalue weighted by atomic mass is 9.75. The zero-order chi connectivity index (χ0) is 28.5. The van der Waals surface area contributed by atoms with Crippen molar-refractivity contribution in [2.45, 2.75) is 29.5 Å². The summed E-state index contributed by atoms with van der Waals surface area (Å²) in [6, 6.07) is 14.8. The molecule has 3 heterocycles. The molecular formula is C28H24N6O5S2. The van der Waals surface area contributed by atoms with Crippen molar-refractivity contribution in [1.82, 2.24) is 10.2 Å². The second-order valence-electron chi connectivity index (χ2n) is 9.31. The molecule has 1 atom stereocenters. The number of amides is 1. The predicted octanol–water partition coefficient (Wildman–Crippen LogP) is 4.31. The molecule has 0 spiro atoms. The van der Waals surface area contributed by atoms with Crippen molar-refractivity contribution < 1.29 is 23.8 Å². The van der Waals surface area contributed by atoms with Crippen LogP contribution >= 0.6 is 23.1 Å². The fourth-order valence-electron chi connectivity index (χ4n) is 5.17. The molecule has 0 fully saturated rings. The molecule has 0 saturated carbocycles. The molecule has 2 aliphatic heterocycles. The molecule has 1 aliphatic carbocycles. The molecule has 3 aliphatic rings. The Morgan fingerprint density at radius 3 is 2.90 bits per heavy atom. The molecule has 1 amide bonds. The van der Waals surface area contributed by atoms with Crippen molar-refractivity contribution in [3.63, 3.8) is 0 Å². The van der Waals surface area contributed by atoms with E-state index in [1.165, 1.54) is 23.1 Å². The Balaban J connectivity index is 1.25. The summed E-state index contributed by atoms with van der Waals surface area (Å²) in [5.74, 6) is 1.18. The Bertz CT molecular complexity index is 1660. The van der Waals surface area contributed by atoms with E-state index in [0.717, 1.165) is 0 Å². The number of anilines is 2. The number of rotatable bonds is 7. The van der Waals surface area contributed by atoms with Crippen molar-refractivity contribution in [2.75, 3.05) is 29.9 Å². The molecule has 6 rings (SSSR count).